The number of ether oxygens (including phenoxy) is 1. The molecule has 7 heteroatoms. The molecule has 0 heterocycles. The molecule has 156 valence electrons. The van der Waals surface area contributed by atoms with E-state index < -0.39 is 18.0 Å². The monoisotopic (exact) mass is 399 g/mol. The number of aromatic hydroxyl groups is 1. The first-order valence-electron chi connectivity index (χ1n) is 9.58. The molecule has 0 bridgehead atoms. The van der Waals surface area contributed by atoms with Crippen molar-refractivity contribution in [2.24, 2.45) is 5.73 Å². The molecule has 2 aromatic rings. The number of rotatable bonds is 9. The van der Waals surface area contributed by atoms with Gasteiger partial charge in [0.1, 0.15) is 24.1 Å². The van der Waals surface area contributed by atoms with Gasteiger partial charge in [-0.15, -0.1) is 0 Å². The molecule has 7 nitrogen and oxygen atoms in total. The van der Waals surface area contributed by atoms with Crippen LogP contribution in [0.5, 0.6) is 11.5 Å². The summed E-state index contributed by atoms with van der Waals surface area (Å²) in [4.78, 5) is 24.5. The molecule has 1 unspecified atom stereocenters. The van der Waals surface area contributed by atoms with Crippen molar-refractivity contribution in [2.45, 2.75) is 39.3 Å². The molecule has 0 saturated carbocycles. The van der Waals surface area contributed by atoms with Gasteiger partial charge >= 0.3 is 0 Å². The van der Waals surface area contributed by atoms with Crippen LogP contribution in [0.4, 0.5) is 0 Å². The Morgan fingerprint density at radius 3 is 2.34 bits per heavy atom. The van der Waals surface area contributed by atoms with Gasteiger partial charge < -0.3 is 26.2 Å². The van der Waals surface area contributed by atoms with Gasteiger partial charge in [0.2, 0.25) is 11.8 Å². The van der Waals surface area contributed by atoms with Gasteiger partial charge in [-0.1, -0.05) is 18.2 Å². The largest absolute Gasteiger partial charge is 0.508 e. The van der Waals surface area contributed by atoms with E-state index in [4.69, 9.17) is 10.5 Å². The first kappa shape index (κ1) is 22.2. The number of amides is 2. The summed E-state index contributed by atoms with van der Waals surface area (Å²) in [5, 5.41) is 15.0. The predicted octanol–water partition coefficient (Wildman–Crippen LogP) is 1.58. The Hall–Kier alpha value is -3.06. The molecule has 2 amide bonds. The summed E-state index contributed by atoms with van der Waals surface area (Å²) < 4.78 is 5.51. The number of hydrogen-bond donors (Lipinski definition) is 4. The predicted molar refractivity (Wildman–Crippen MR) is 112 cm³/mol. The minimum Gasteiger partial charge on any atom is -0.508 e. The van der Waals surface area contributed by atoms with Gasteiger partial charge in [-0.2, -0.15) is 0 Å². The van der Waals surface area contributed by atoms with E-state index in [-0.39, 0.29) is 11.7 Å². The van der Waals surface area contributed by atoms with Gasteiger partial charge in [0.05, 0.1) is 12.6 Å². The molecular formula is C22H29N3O4. The molecule has 0 aliphatic rings. The zero-order valence-corrected chi connectivity index (χ0v) is 17.1. The van der Waals surface area contributed by atoms with Gasteiger partial charge in [-0.25, -0.2) is 0 Å². The molecule has 0 aliphatic carbocycles. The topological polar surface area (TPSA) is 114 Å². The van der Waals surface area contributed by atoms with Crippen LogP contribution in [0.1, 0.15) is 23.6 Å². The van der Waals surface area contributed by atoms with Gasteiger partial charge in [-0.3, -0.25) is 9.59 Å². The van der Waals surface area contributed by atoms with E-state index in [2.05, 4.69) is 10.6 Å². The molecule has 0 aromatic heterocycles. The summed E-state index contributed by atoms with van der Waals surface area (Å²) in [6, 6.07) is 11.1. The van der Waals surface area contributed by atoms with Crippen molar-refractivity contribution in [1.29, 1.82) is 0 Å². The number of benzene rings is 2. The quantitative estimate of drug-likeness (QED) is 0.478. The minimum absolute atomic E-state index is 0.184. The van der Waals surface area contributed by atoms with Gasteiger partial charge in [0, 0.05) is 0 Å². The molecule has 2 rings (SSSR count). The first-order valence-corrected chi connectivity index (χ1v) is 9.58. The minimum atomic E-state index is -0.798. The number of aryl methyl sites for hydroxylation is 2. The molecular weight excluding hydrogens is 370 g/mol. The lowest BCUT2D eigenvalue weighted by molar-refractivity contribution is -0.129. The highest BCUT2D eigenvalue weighted by molar-refractivity contribution is 5.89. The van der Waals surface area contributed by atoms with Crippen molar-refractivity contribution in [3.63, 3.8) is 0 Å². The summed E-state index contributed by atoms with van der Waals surface area (Å²) in [6.07, 6.45) is 0.322. The standard InChI is InChI=1S/C22H29N3O4/c1-14-11-17(26)12-15(2)19(14)13-20(23)22(28)25-16(3)21(27)24-9-10-29-18-7-5-4-6-8-18/h4-8,11-12,16,20,26H,9-10,13,23H2,1-3H3,(H,24,27)(H,25,28)/t16-,20?/m1/s1. The Kier molecular flexibility index (Phi) is 8.03. The fourth-order valence-electron chi connectivity index (χ4n) is 3.00. The van der Waals surface area contributed by atoms with E-state index in [1.807, 2.05) is 44.2 Å². The lowest BCUT2D eigenvalue weighted by Crippen LogP contribution is -2.51. The second kappa shape index (κ2) is 10.5. The third-order valence-electron chi connectivity index (χ3n) is 4.61. The molecule has 2 aromatic carbocycles. The molecule has 29 heavy (non-hydrogen) atoms. The van der Waals surface area contributed by atoms with Crippen LogP contribution in [-0.4, -0.2) is 42.2 Å². The van der Waals surface area contributed by atoms with E-state index in [1.165, 1.54) is 0 Å². The average Bonchev–Trinajstić information content (AvgIpc) is 2.68. The maximum atomic E-state index is 12.4. The Bertz CT molecular complexity index is 816. The van der Waals surface area contributed by atoms with E-state index in [0.717, 1.165) is 22.4 Å². The SMILES string of the molecule is Cc1cc(O)cc(C)c1CC(N)C(=O)N[C@H](C)C(=O)NCCOc1ccccc1. The zero-order chi connectivity index (χ0) is 21.4. The van der Waals surface area contributed by atoms with Gasteiger partial charge in [-0.05, 0) is 68.1 Å². The third kappa shape index (κ3) is 6.80. The smallest absolute Gasteiger partial charge is 0.242 e. The van der Waals surface area contributed by atoms with Gasteiger partial charge in [0.15, 0.2) is 0 Å². The number of nitrogens with two attached hydrogens (primary N) is 1. The number of phenols is 1. The number of nitrogens with one attached hydrogen (secondary N) is 2. The van der Waals surface area contributed by atoms with Crippen LogP contribution in [0.25, 0.3) is 0 Å². The summed E-state index contributed by atoms with van der Waals surface area (Å²) in [5.74, 6) is 0.205. The van der Waals surface area contributed by atoms with E-state index in [9.17, 15) is 14.7 Å². The molecule has 0 spiro atoms. The van der Waals surface area contributed by atoms with E-state index >= 15 is 0 Å². The second-order valence-electron chi connectivity index (χ2n) is 7.05. The van der Waals surface area contributed by atoms with Crippen molar-refractivity contribution in [2.75, 3.05) is 13.2 Å². The van der Waals surface area contributed by atoms with Crippen LogP contribution < -0.4 is 21.1 Å². The van der Waals surface area contributed by atoms with Crippen molar-refractivity contribution in [1.82, 2.24) is 10.6 Å². The second-order valence-corrected chi connectivity index (χ2v) is 7.05. The number of carbonyl (C=O) groups excluding carboxylic acids is 2. The summed E-state index contributed by atoms with van der Waals surface area (Å²) >= 11 is 0. The molecule has 5 N–H and O–H groups in total. The lowest BCUT2D eigenvalue weighted by atomic mass is 9.96. The maximum absolute atomic E-state index is 12.4. The van der Waals surface area contributed by atoms with E-state index in [0.29, 0.717) is 19.6 Å². The van der Waals surface area contributed by atoms with Crippen molar-refractivity contribution < 1.29 is 19.4 Å². The highest BCUT2D eigenvalue weighted by atomic mass is 16.5. The Morgan fingerprint density at radius 1 is 1.10 bits per heavy atom. The Labute approximate surface area is 171 Å². The molecule has 0 saturated heterocycles. The fraction of sp³-hybridized carbons (Fsp3) is 0.364. The van der Waals surface area contributed by atoms with Crippen LogP contribution in [0.2, 0.25) is 0 Å². The van der Waals surface area contributed by atoms with Crippen LogP contribution in [-0.2, 0) is 16.0 Å². The Morgan fingerprint density at radius 2 is 1.72 bits per heavy atom. The van der Waals surface area contributed by atoms with Crippen molar-refractivity contribution in [3.05, 3.63) is 59.2 Å². The lowest BCUT2D eigenvalue weighted by Gasteiger charge is -2.19. The molecule has 0 aliphatic heterocycles. The molecule has 0 radical (unpaired) electrons. The zero-order valence-electron chi connectivity index (χ0n) is 17.1. The number of hydrogen-bond acceptors (Lipinski definition) is 5. The van der Waals surface area contributed by atoms with Crippen LogP contribution in [0, 0.1) is 13.8 Å². The number of carbonyl (C=O) groups is 2. The van der Waals surface area contributed by atoms with E-state index in [1.54, 1.807) is 19.1 Å². The highest BCUT2D eigenvalue weighted by Gasteiger charge is 2.21. The summed E-state index contributed by atoms with van der Waals surface area (Å²) in [5.41, 5.74) is 8.69. The molecule has 0 fully saturated rings. The third-order valence-corrected chi connectivity index (χ3v) is 4.61. The first-order chi connectivity index (χ1) is 13.8. The van der Waals surface area contributed by atoms with Crippen molar-refractivity contribution >= 4 is 11.8 Å². The van der Waals surface area contributed by atoms with Crippen molar-refractivity contribution in [3.8, 4) is 11.5 Å². The normalized spacial score (nSPS) is 12.7. The summed E-state index contributed by atoms with van der Waals surface area (Å²) in [7, 11) is 0. The van der Waals surface area contributed by atoms with Gasteiger partial charge in [0.25, 0.3) is 0 Å². The fourth-order valence-corrected chi connectivity index (χ4v) is 3.00. The van der Waals surface area contributed by atoms with Crippen LogP contribution in [0.3, 0.4) is 0 Å². The summed E-state index contributed by atoms with van der Waals surface area (Å²) in [6.45, 7) is 5.98. The highest BCUT2D eigenvalue weighted by Crippen LogP contribution is 2.21. The maximum Gasteiger partial charge on any atom is 0.242 e. The number of phenolic OH excluding ortho intramolecular Hbond substituents is 1. The molecule has 2 atom stereocenters. The van der Waals surface area contributed by atoms with Crippen LogP contribution in [0.15, 0.2) is 42.5 Å². The average molecular weight is 399 g/mol. The Balaban J connectivity index is 1.77. The number of para-hydroxylation sites is 1. The van der Waals surface area contributed by atoms with Crippen LogP contribution >= 0.6 is 0 Å².